The van der Waals surface area contributed by atoms with E-state index in [9.17, 15) is 14.7 Å². The number of carbonyl (C=O) groups is 2. The average Bonchev–Trinajstić information content (AvgIpc) is 2.92. The minimum atomic E-state index is -1.30. The van der Waals surface area contributed by atoms with Crippen molar-refractivity contribution in [2.45, 2.75) is 32.2 Å². The van der Waals surface area contributed by atoms with Crippen LogP contribution in [0.5, 0.6) is 5.75 Å². The Labute approximate surface area is 129 Å². The second-order valence-electron chi connectivity index (χ2n) is 5.61. The smallest absolute Gasteiger partial charge is 0.331 e. The molecule has 2 N–H and O–H groups in total. The van der Waals surface area contributed by atoms with Crippen LogP contribution in [-0.4, -0.2) is 42.3 Å². The van der Waals surface area contributed by atoms with Gasteiger partial charge in [-0.25, -0.2) is 4.79 Å². The molecular weight excluding hydrogens is 286 g/mol. The van der Waals surface area contributed by atoms with E-state index in [4.69, 9.17) is 9.47 Å². The molecule has 0 spiro atoms. The number of carbonyl (C=O) groups excluding carboxylic acids is 1. The van der Waals surface area contributed by atoms with E-state index in [0.717, 1.165) is 16.9 Å². The highest BCUT2D eigenvalue weighted by Crippen LogP contribution is 2.20. The molecule has 6 nitrogen and oxygen atoms in total. The Morgan fingerprint density at radius 1 is 1.41 bits per heavy atom. The lowest BCUT2D eigenvalue weighted by Crippen LogP contribution is -2.55. The normalized spacial score (nSPS) is 20.6. The van der Waals surface area contributed by atoms with Crippen molar-refractivity contribution in [3.8, 4) is 5.75 Å². The third-order valence-electron chi connectivity index (χ3n) is 3.74. The summed E-state index contributed by atoms with van der Waals surface area (Å²) in [6.45, 7) is 4.45. The van der Waals surface area contributed by atoms with Crippen molar-refractivity contribution >= 4 is 11.9 Å². The van der Waals surface area contributed by atoms with Gasteiger partial charge in [0.25, 0.3) is 0 Å². The highest BCUT2D eigenvalue weighted by atomic mass is 16.5. The van der Waals surface area contributed by atoms with Crippen LogP contribution in [0.3, 0.4) is 0 Å². The molecule has 1 heterocycles. The molecule has 0 radical (unpaired) electrons. The number of carboxylic acids is 1. The molecule has 0 saturated carbocycles. The summed E-state index contributed by atoms with van der Waals surface area (Å²) >= 11 is 0. The molecule has 2 rings (SSSR count). The fourth-order valence-electron chi connectivity index (χ4n) is 2.33. The molecule has 1 fully saturated rings. The number of carboxylic acid groups (broad SMARTS) is 1. The van der Waals surface area contributed by atoms with Gasteiger partial charge in [-0.05, 0) is 31.0 Å². The first-order valence-electron chi connectivity index (χ1n) is 7.25. The molecule has 1 atom stereocenters. The fraction of sp³-hybridized carbons (Fsp3) is 0.500. The summed E-state index contributed by atoms with van der Waals surface area (Å²) < 4.78 is 10.7. The Hall–Kier alpha value is -2.08. The van der Waals surface area contributed by atoms with E-state index >= 15 is 0 Å². The van der Waals surface area contributed by atoms with Crippen LogP contribution in [0, 0.1) is 13.8 Å². The minimum absolute atomic E-state index is 0.00587. The first-order valence-corrected chi connectivity index (χ1v) is 7.25. The monoisotopic (exact) mass is 307 g/mol. The van der Waals surface area contributed by atoms with Crippen molar-refractivity contribution in [1.82, 2.24) is 5.32 Å². The van der Waals surface area contributed by atoms with Gasteiger partial charge in [-0.3, -0.25) is 4.79 Å². The van der Waals surface area contributed by atoms with Crippen molar-refractivity contribution in [2.75, 3.05) is 19.8 Å². The summed E-state index contributed by atoms with van der Waals surface area (Å²) in [6, 6.07) is 5.86. The number of hydrogen-bond donors (Lipinski definition) is 2. The van der Waals surface area contributed by atoms with Gasteiger partial charge in [0.15, 0.2) is 5.54 Å². The summed E-state index contributed by atoms with van der Waals surface area (Å²) in [5, 5.41) is 11.8. The SMILES string of the molecule is Cc1ccc(C)c(OCCC(=O)NC2(C(=O)O)CCOC2)c1. The van der Waals surface area contributed by atoms with Crippen molar-refractivity contribution in [2.24, 2.45) is 0 Å². The lowest BCUT2D eigenvalue weighted by atomic mass is 9.99. The van der Waals surface area contributed by atoms with Crippen LogP contribution in [0.25, 0.3) is 0 Å². The van der Waals surface area contributed by atoms with Gasteiger partial charge >= 0.3 is 5.97 Å². The molecule has 0 bridgehead atoms. The maximum Gasteiger partial charge on any atom is 0.331 e. The molecule has 0 aliphatic carbocycles. The van der Waals surface area contributed by atoms with Crippen LogP contribution in [0.4, 0.5) is 0 Å². The maximum atomic E-state index is 11.9. The third kappa shape index (κ3) is 3.76. The third-order valence-corrected chi connectivity index (χ3v) is 3.74. The van der Waals surface area contributed by atoms with Crippen LogP contribution < -0.4 is 10.1 Å². The standard InChI is InChI=1S/C16H21NO5/c1-11-3-4-12(2)13(9-11)22-7-5-14(18)17-16(15(19)20)6-8-21-10-16/h3-4,9H,5-8,10H2,1-2H3,(H,17,18)(H,19,20). The lowest BCUT2D eigenvalue weighted by Gasteiger charge is -2.23. The largest absolute Gasteiger partial charge is 0.493 e. The van der Waals surface area contributed by atoms with Crippen molar-refractivity contribution in [1.29, 1.82) is 0 Å². The van der Waals surface area contributed by atoms with Crippen LogP contribution >= 0.6 is 0 Å². The average molecular weight is 307 g/mol. The van der Waals surface area contributed by atoms with E-state index in [1.165, 1.54) is 0 Å². The number of hydrogen-bond acceptors (Lipinski definition) is 4. The van der Waals surface area contributed by atoms with Crippen LogP contribution in [0.15, 0.2) is 18.2 Å². The second-order valence-corrected chi connectivity index (χ2v) is 5.61. The molecule has 1 aromatic rings. The summed E-state index contributed by atoms with van der Waals surface area (Å²) in [6.07, 6.45) is 0.383. The molecule has 22 heavy (non-hydrogen) atoms. The van der Waals surface area contributed by atoms with Gasteiger partial charge in [0.1, 0.15) is 5.75 Å². The zero-order chi connectivity index (χ0) is 16.2. The molecule has 1 aromatic carbocycles. The molecule has 1 amide bonds. The highest BCUT2D eigenvalue weighted by Gasteiger charge is 2.43. The quantitative estimate of drug-likeness (QED) is 0.830. The molecule has 1 aliphatic rings. The number of aliphatic carboxylic acids is 1. The Bertz CT molecular complexity index is 564. The molecule has 120 valence electrons. The minimum Gasteiger partial charge on any atom is -0.493 e. The van der Waals surface area contributed by atoms with Gasteiger partial charge < -0.3 is 19.9 Å². The van der Waals surface area contributed by atoms with E-state index in [1.807, 2.05) is 32.0 Å². The summed E-state index contributed by atoms with van der Waals surface area (Å²) in [5.41, 5.74) is 0.784. The maximum absolute atomic E-state index is 11.9. The number of aryl methyl sites for hydroxylation is 2. The van der Waals surface area contributed by atoms with Gasteiger partial charge in [-0.15, -0.1) is 0 Å². The van der Waals surface area contributed by atoms with E-state index in [1.54, 1.807) is 0 Å². The number of ether oxygens (including phenoxy) is 2. The number of rotatable bonds is 6. The number of benzene rings is 1. The van der Waals surface area contributed by atoms with E-state index in [0.29, 0.717) is 6.61 Å². The van der Waals surface area contributed by atoms with Gasteiger partial charge in [0.2, 0.25) is 5.91 Å². The van der Waals surface area contributed by atoms with Gasteiger partial charge in [-0.1, -0.05) is 12.1 Å². The zero-order valence-electron chi connectivity index (χ0n) is 12.8. The molecule has 1 unspecified atom stereocenters. The summed E-state index contributed by atoms with van der Waals surface area (Å²) in [5.74, 6) is -0.669. The zero-order valence-corrected chi connectivity index (χ0v) is 12.8. The summed E-state index contributed by atoms with van der Waals surface area (Å²) in [4.78, 5) is 23.3. The van der Waals surface area contributed by atoms with E-state index in [2.05, 4.69) is 5.32 Å². The van der Waals surface area contributed by atoms with Crippen LogP contribution in [-0.2, 0) is 14.3 Å². The second kappa shape index (κ2) is 6.79. The molecule has 6 heteroatoms. The molecule has 1 saturated heterocycles. The Kier molecular flexibility index (Phi) is 5.03. The van der Waals surface area contributed by atoms with Crippen molar-refractivity contribution in [3.05, 3.63) is 29.3 Å². The molecule has 0 aromatic heterocycles. The number of nitrogens with one attached hydrogen (secondary N) is 1. The first-order chi connectivity index (χ1) is 10.4. The van der Waals surface area contributed by atoms with Gasteiger partial charge in [0, 0.05) is 13.0 Å². The van der Waals surface area contributed by atoms with Crippen molar-refractivity contribution < 1.29 is 24.2 Å². The van der Waals surface area contributed by atoms with E-state index in [-0.39, 0.29) is 32.0 Å². The van der Waals surface area contributed by atoms with Gasteiger partial charge in [0.05, 0.1) is 19.6 Å². The highest BCUT2D eigenvalue weighted by molar-refractivity contribution is 5.87. The predicted molar refractivity (Wildman–Crippen MR) is 80.0 cm³/mol. The fourth-order valence-corrected chi connectivity index (χ4v) is 2.33. The molecular formula is C16H21NO5. The topological polar surface area (TPSA) is 84.9 Å². The van der Waals surface area contributed by atoms with Crippen LogP contribution in [0.2, 0.25) is 0 Å². The number of amides is 1. The molecule has 1 aliphatic heterocycles. The Balaban J connectivity index is 1.85. The van der Waals surface area contributed by atoms with E-state index < -0.39 is 11.5 Å². The lowest BCUT2D eigenvalue weighted by molar-refractivity contribution is -0.147. The van der Waals surface area contributed by atoms with Crippen LogP contribution in [0.1, 0.15) is 24.0 Å². The van der Waals surface area contributed by atoms with Crippen molar-refractivity contribution in [3.63, 3.8) is 0 Å². The first kappa shape index (κ1) is 16.3. The summed E-state index contributed by atoms with van der Waals surface area (Å²) in [7, 11) is 0. The predicted octanol–water partition coefficient (Wildman–Crippen LogP) is 1.43. The van der Waals surface area contributed by atoms with Gasteiger partial charge in [-0.2, -0.15) is 0 Å². The Morgan fingerprint density at radius 3 is 2.82 bits per heavy atom. The Morgan fingerprint density at radius 2 is 2.18 bits per heavy atom.